The SMILES string of the molecule is CC1CC(C)CN(C2CCC(O)C2)C1. The predicted molar refractivity (Wildman–Crippen MR) is 58.2 cm³/mol. The Hall–Kier alpha value is -0.0800. The number of piperidine rings is 1. The van der Waals surface area contributed by atoms with Gasteiger partial charge in [-0.1, -0.05) is 13.8 Å². The predicted octanol–water partition coefficient (Wildman–Crippen LogP) is 1.88. The topological polar surface area (TPSA) is 23.5 Å². The molecule has 14 heavy (non-hydrogen) atoms. The van der Waals surface area contributed by atoms with Gasteiger partial charge in [0.15, 0.2) is 0 Å². The van der Waals surface area contributed by atoms with E-state index in [4.69, 9.17) is 0 Å². The van der Waals surface area contributed by atoms with E-state index in [2.05, 4.69) is 18.7 Å². The average molecular weight is 197 g/mol. The minimum absolute atomic E-state index is 0.0208. The monoisotopic (exact) mass is 197 g/mol. The lowest BCUT2D eigenvalue weighted by atomic mass is 9.90. The van der Waals surface area contributed by atoms with Gasteiger partial charge >= 0.3 is 0 Å². The Bertz CT molecular complexity index is 185. The largest absolute Gasteiger partial charge is 0.393 e. The molecule has 4 unspecified atom stereocenters. The van der Waals surface area contributed by atoms with Gasteiger partial charge in [-0.15, -0.1) is 0 Å². The quantitative estimate of drug-likeness (QED) is 0.694. The van der Waals surface area contributed by atoms with Crippen molar-refractivity contribution in [3.63, 3.8) is 0 Å². The normalized spacial score (nSPS) is 45.6. The van der Waals surface area contributed by atoms with E-state index in [9.17, 15) is 5.11 Å². The van der Waals surface area contributed by atoms with Crippen LogP contribution >= 0.6 is 0 Å². The zero-order valence-corrected chi connectivity index (χ0v) is 9.45. The molecular formula is C12H23NO. The van der Waals surface area contributed by atoms with Gasteiger partial charge in [0, 0.05) is 19.1 Å². The van der Waals surface area contributed by atoms with Crippen molar-refractivity contribution in [1.82, 2.24) is 4.90 Å². The molecule has 2 aliphatic rings. The van der Waals surface area contributed by atoms with E-state index in [-0.39, 0.29) is 6.10 Å². The molecule has 2 rings (SSSR count). The Morgan fingerprint density at radius 1 is 1.00 bits per heavy atom. The highest BCUT2D eigenvalue weighted by molar-refractivity contribution is 4.86. The number of hydrogen-bond acceptors (Lipinski definition) is 2. The van der Waals surface area contributed by atoms with Gasteiger partial charge in [0.1, 0.15) is 0 Å². The maximum atomic E-state index is 9.54. The first-order valence-corrected chi connectivity index (χ1v) is 6.07. The third kappa shape index (κ3) is 2.29. The molecule has 0 radical (unpaired) electrons. The first-order chi connectivity index (χ1) is 6.65. The van der Waals surface area contributed by atoms with Gasteiger partial charge in [0.05, 0.1) is 6.10 Å². The van der Waals surface area contributed by atoms with Crippen molar-refractivity contribution in [2.45, 2.75) is 51.7 Å². The molecule has 1 aliphatic carbocycles. The standard InChI is InChI=1S/C12H23NO/c1-9-5-10(2)8-13(7-9)11-3-4-12(14)6-11/h9-12,14H,3-8H2,1-2H3. The van der Waals surface area contributed by atoms with Gasteiger partial charge in [-0.05, 0) is 37.5 Å². The second-order valence-electron chi connectivity index (χ2n) is 5.52. The van der Waals surface area contributed by atoms with Crippen molar-refractivity contribution >= 4 is 0 Å². The molecular weight excluding hydrogens is 174 g/mol. The van der Waals surface area contributed by atoms with Crippen molar-refractivity contribution in [2.24, 2.45) is 11.8 Å². The number of aliphatic hydroxyl groups is 1. The summed E-state index contributed by atoms with van der Waals surface area (Å²) < 4.78 is 0. The summed E-state index contributed by atoms with van der Waals surface area (Å²) in [5.74, 6) is 1.69. The number of likely N-dealkylation sites (tertiary alicyclic amines) is 1. The lowest BCUT2D eigenvalue weighted by Gasteiger charge is -2.38. The van der Waals surface area contributed by atoms with Gasteiger partial charge in [-0.3, -0.25) is 4.90 Å². The summed E-state index contributed by atoms with van der Waals surface area (Å²) >= 11 is 0. The molecule has 0 aromatic heterocycles. The Kier molecular flexibility index (Phi) is 3.13. The Morgan fingerprint density at radius 2 is 1.64 bits per heavy atom. The van der Waals surface area contributed by atoms with E-state index in [1.165, 1.54) is 25.9 Å². The maximum Gasteiger partial charge on any atom is 0.0555 e. The highest BCUT2D eigenvalue weighted by Gasteiger charge is 2.32. The van der Waals surface area contributed by atoms with Crippen LogP contribution in [0.25, 0.3) is 0 Å². The van der Waals surface area contributed by atoms with Crippen molar-refractivity contribution in [3.8, 4) is 0 Å². The molecule has 0 aromatic carbocycles. The number of nitrogens with zero attached hydrogens (tertiary/aromatic N) is 1. The van der Waals surface area contributed by atoms with Crippen LogP contribution in [0.15, 0.2) is 0 Å². The summed E-state index contributed by atoms with van der Waals surface area (Å²) in [6.45, 7) is 7.21. The molecule has 0 aromatic rings. The molecule has 1 saturated carbocycles. The Morgan fingerprint density at radius 3 is 2.14 bits per heavy atom. The Balaban J connectivity index is 1.90. The lowest BCUT2D eigenvalue weighted by molar-refractivity contribution is 0.0873. The van der Waals surface area contributed by atoms with E-state index in [0.717, 1.165) is 24.7 Å². The zero-order valence-electron chi connectivity index (χ0n) is 9.45. The van der Waals surface area contributed by atoms with E-state index < -0.39 is 0 Å². The van der Waals surface area contributed by atoms with Crippen LogP contribution in [0.3, 0.4) is 0 Å². The third-order valence-electron chi connectivity index (χ3n) is 3.79. The van der Waals surface area contributed by atoms with E-state index in [0.29, 0.717) is 6.04 Å². The van der Waals surface area contributed by atoms with Gasteiger partial charge < -0.3 is 5.11 Å². The van der Waals surface area contributed by atoms with Crippen molar-refractivity contribution in [3.05, 3.63) is 0 Å². The Labute approximate surface area is 87.3 Å². The molecule has 2 fully saturated rings. The average Bonchev–Trinajstić information content (AvgIpc) is 2.50. The van der Waals surface area contributed by atoms with Crippen LogP contribution in [0.1, 0.15) is 39.5 Å². The van der Waals surface area contributed by atoms with E-state index in [1.54, 1.807) is 0 Å². The minimum Gasteiger partial charge on any atom is -0.393 e. The van der Waals surface area contributed by atoms with Crippen LogP contribution in [0, 0.1) is 11.8 Å². The van der Waals surface area contributed by atoms with Gasteiger partial charge in [0.25, 0.3) is 0 Å². The van der Waals surface area contributed by atoms with E-state index in [1.807, 2.05) is 0 Å². The van der Waals surface area contributed by atoms with Crippen LogP contribution in [-0.4, -0.2) is 35.2 Å². The summed E-state index contributed by atoms with van der Waals surface area (Å²) in [5, 5.41) is 9.54. The molecule has 82 valence electrons. The first-order valence-electron chi connectivity index (χ1n) is 6.07. The molecule has 0 spiro atoms. The smallest absolute Gasteiger partial charge is 0.0555 e. The fraction of sp³-hybridized carbons (Fsp3) is 1.00. The number of rotatable bonds is 1. The molecule has 1 N–H and O–H groups in total. The molecule has 0 bridgehead atoms. The zero-order chi connectivity index (χ0) is 10.1. The van der Waals surface area contributed by atoms with Crippen molar-refractivity contribution in [2.75, 3.05) is 13.1 Å². The van der Waals surface area contributed by atoms with Gasteiger partial charge in [-0.2, -0.15) is 0 Å². The van der Waals surface area contributed by atoms with Crippen LogP contribution in [-0.2, 0) is 0 Å². The summed E-state index contributed by atoms with van der Waals surface area (Å²) in [7, 11) is 0. The maximum absolute atomic E-state index is 9.54. The molecule has 1 saturated heterocycles. The number of hydrogen-bond donors (Lipinski definition) is 1. The van der Waals surface area contributed by atoms with Crippen molar-refractivity contribution in [1.29, 1.82) is 0 Å². The fourth-order valence-corrected chi connectivity index (χ4v) is 3.28. The van der Waals surface area contributed by atoms with Gasteiger partial charge in [0.2, 0.25) is 0 Å². The summed E-state index contributed by atoms with van der Waals surface area (Å²) in [6, 6.07) is 0.676. The molecule has 1 heterocycles. The highest BCUT2D eigenvalue weighted by atomic mass is 16.3. The fourth-order valence-electron chi connectivity index (χ4n) is 3.28. The third-order valence-corrected chi connectivity index (χ3v) is 3.79. The molecule has 0 amide bonds. The summed E-state index contributed by atoms with van der Waals surface area (Å²) in [4.78, 5) is 2.62. The molecule has 1 aliphatic heterocycles. The van der Waals surface area contributed by atoms with E-state index >= 15 is 0 Å². The minimum atomic E-state index is -0.0208. The first kappa shape index (κ1) is 10.4. The van der Waals surface area contributed by atoms with Crippen LogP contribution in [0.5, 0.6) is 0 Å². The lowest BCUT2D eigenvalue weighted by Crippen LogP contribution is -2.44. The second-order valence-corrected chi connectivity index (χ2v) is 5.52. The number of aliphatic hydroxyl groups excluding tert-OH is 1. The van der Waals surface area contributed by atoms with Crippen LogP contribution in [0.2, 0.25) is 0 Å². The van der Waals surface area contributed by atoms with Crippen LogP contribution in [0.4, 0.5) is 0 Å². The summed E-state index contributed by atoms with van der Waals surface area (Å²) in [5.41, 5.74) is 0. The van der Waals surface area contributed by atoms with Crippen molar-refractivity contribution < 1.29 is 5.11 Å². The van der Waals surface area contributed by atoms with Crippen LogP contribution < -0.4 is 0 Å². The van der Waals surface area contributed by atoms with Gasteiger partial charge in [-0.25, -0.2) is 0 Å². The highest BCUT2D eigenvalue weighted by Crippen LogP contribution is 2.29. The summed E-state index contributed by atoms with van der Waals surface area (Å²) in [6.07, 6.45) is 4.60. The molecule has 4 atom stereocenters. The molecule has 2 heteroatoms. The second kappa shape index (κ2) is 4.19. The molecule has 2 nitrogen and oxygen atoms in total.